The summed E-state index contributed by atoms with van der Waals surface area (Å²) >= 11 is 1.34. The second-order valence-electron chi connectivity index (χ2n) is 2.34. The van der Waals surface area contributed by atoms with Crippen molar-refractivity contribution in [3.05, 3.63) is 17.3 Å². The molecule has 0 bridgehead atoms. The lowest BCUT2D eigenvalue weighted by Gasteiger charge is -1.88. The SMILES string of the molecule is N#Cc1[nH]ncc1-c1csc(N)n1. The molecule has 6 heteroatoms. The molecule has 0 unspecified atom stereocenters. The number of hydrogen-bond donors (Lipinski definition) is 2. The van der Waals surface area contributed by atoms with Crippen molar-refractivity contribution >= 4 is 16.5 Å². The Balaban J connectivity index is 2.53. The van der Waals surface area contributed by atoms with E-state index in [1.54, 1.807) is 11.6 Å². The summed E-state index contributed by atoms with van der Waals surface area (Å²) in [4.78, 5) is 4.05. The van der Waals surface area contributed by atoms with Gasteiger partial charge in [-0.1, -0.05) is 0 Å². The van der Waals surface area contributed by atoms with E-state index < -0.39 is 0 Å². The summed E-state index contributed by atoms with van der Waals surface area (Å²) in [5, 5.41) is 17.3. The van der Waals surface area contributed by atoms with Crippen LogP contribution in [0.4, 0.5) is 5.13 Å². The molecule has 0 saturated heterocycles. The van der Waals surface area contributed by atoms with Gasteiger partial charge in [0.25, 0.3) is 0 Å². The number of thiazole rings is 1. The molecule has 0 atom stereocenters. The largest absolute Gasteiger partial charge is 0.375 e. The molecular weight excluding hydrogens is 186 g/mol. The number of nitrogens with two attached hydrogens (primary N) is 1. The lowest BCUT2D eigenvalue weighted by Crippen LogP contribution is -1.83. The first-order valence-electron chi connectivity index (χ1n) is 3.46. The van der Waals surface area contributed by atoms with Gasteiger partial charge in [-0.2, -0.15) is 10.4 Å². The number of nitrogens with zero attached hydrogens (tertiary/aromatic N) is 3. The summed E-state index contributed by atoms with van der Waals surface area (Å²) < 4.78 is 0. The fourth-order valence-corrected chi connectivity index (χ4v) is 1.54. The predicted octanol–water partition coefficient (Wildman–Crippen LogP) is 0.987. The number of aromatic nitrogens is 3. The number of H-pyrrole nitrogens is 1. The van der Waals surface area contributed by atoms with Crippen molar-refractivity contribution in [3.63, 3.8) is 0 Å². The highest BCUT2D eigenvalue weighted by Gasteiger charge is 2.09. The lowest BCUT2D eigenvalue weighted by atomic mass is 10.2. The molecule has 3 N–H and O–H groups in total. The minimum absolute atomic E-state index is 0.408. The van der Waals surface area contributed by atoms with Crippen LogP contribution >= 0.6 is 11.3 Å². The highest BCUT2D eigenvalue weighted by Crippen LogP contribution is 2.24. The smallest absolute Gasteiger partial charge is 0.180 e. The average Bonchev–Trinajstić information content (AvgIpc) is 2.71. The van der Waals surface area contributed by atoms with Crippen molar-refractivity contribution in [1.29, 1.82) is 5.26 Å². The number of nitriles is 1. The van der Waals surface area contributed by atoms with Crippen molar-refractivity contribution in [2.75, 3.05) is 5.73 Å². The second kappa shape index (κ2) is 2.88. The van der Waals surface area contributed by atoms with Crippen LogP contribution in [0.1, 0.15) is 5.69 Å². The minimum Gasteiger partial charge on any atom is -0.375 e. The Morgan fingerprint density at radius 3 is 3.08 bits per heavy atom. The minimum atomic E-state index is 0.408. The quantitative estimate of drug-likeness (QED) is 0.703. The highest BCUT2D eigenvalue weighted by molar-refractivity contribution is 7.13. The summed E-state index contributed by atoms with van der Waals surface area (Å²) in [7, 11) is 0. The van der Waals surface area contributed by atoms with Gasteiger partial charge >= 0.3 is 0 Å². The Kier molecular flexibility index (Phi) is 1.72. The van der Waals surface area contributed by atoms with Crippen molar-refractivity contribution < 1.29 is 0 Å². The second-order valence-corrected chi connectivity index (χ2v) is 3.23. The van der Waals surface area contributed by atoms with Gasteiger partial charge in [0.15, 0.2) is 5.13 Å². The van der Waals surface area contributed by atoms with Crippen molar-refractivity contribution in [1.82, 2.24) is 15.2 Å². The Morgan fingerprint density at radius 2 is 2.46 bits per heavy atom. The van der Waals surface area contributed by atoms with Gasteiger partial charge in [-0.25, -0.2) is 4.98 Å². The van der Waals surface area contributed by atoms with Crippen LogP contribution in [0.2, 0.25) is 0 Å². The van der Waals surface area contributed by atoms with Gasteiger partial charge in [0.2, 0.25) is 0 Å². The molecule has 0 aliphatic rings. The van der Waals surface area contributed by atoms with Crippen LogP contribution in [0.15, 0.2) is 11.6 Å². The molecule has 5 nitrogen and oxygen atoms in total. The van der Waals surface area contributed by atoms with E-state index >= 15 is 0 Å². The van der Waals surface area contributed by atoms with E-state index in [0.717, 1.165) is 0 Å². The standard InChI is InChI=1S/C7H5N5S/c8-1-5-4(2-10-12-5)6-3-13-7(9)11-6/h2-3H,(H2,9,11)(H,10,12). The number of nitrogens with one attached hydrogen (secondary N) is 1. The zero-order chi connectivity index (χ0) is 9.26. The van der Waals surface area contributed by atoms with E-state index in [4.69, 9.17) is 11.0 Å². The summed E-state index contributed by atoms with van der Waals surface area (Å²) in [5.74, 6) is 0. The maximum Gasteiger partial charge on any atom is 0.180 e. The zero-order valence-electron chi connectivity index (χ0n) is 6.48. The van der Waals surface area contributed by atoms with Crippen LogP contribution in [0, 0.1) is 11.3 Å². The molecule has 2 aromatic heterocycles. The molecule has 0 radical (unpaired) electrons. The van der Waals surface area contributed by atoms with Crippen LogP contribution in [-0.2, 0) is 0 Å². The van der Waals surface area contributed by atoms with Crippen LogP contribution in [0.3, 0.4) is 0 Å². The molecule has 13 heavy (non-hydrogen) atoms. The van der Waals surface area contributed by atoms with Crippen LogP contribution in [0.25, 0.3) is 11.3 Å². The van der Waals surface area contributed by atoms with Gasteiger partial charge in [-0.3, -0.25) is 5.10 Å². The Bertz CT molecular complexity index is 463. The van der Waals surface area contributed by atoms with E-state index in [-0.39, 0.29) is 0 Å². The molecule has 0 aliphatic heterocycles. The number of anilines is 1. The van der Waals surface area contributed by atoms with E-state index in [1.807, 2.05) is 6.07 Å². The summed E-state index contributed by atoms with van der Waals surface area (Å²) in [6.07, 6.45) is 1.56. The summed E-state index contributed by atoms with van der Waals surface area (Å²) in [5.41, 5.74) is 7.26. The third-order valence-corrected chi connectivity index (χ3v) is 2.22. The van der Waals surface area contributed by atoms with Crippen molar-refractivity contribution in [2.24, 2.45) is 0 Å². The van der Waals surface area contributed by atoms with Crippen molar-refractivity contribution in [2.45, 2.75) is 0 Å². The monoisotopic (exact) mass is 191 g/mol. The molecule has 64 valence electrons. The molecule has 0 spiro atoms. The molecular formula is C7H5N5S. The number of hydrogen-bond acceptors (Lipinski definition) is 5. The first-order chi connectivity index (χ1) is 6.31. The van der Waals surface area contributed by atoms with E-state index in [0.29, 0.717) is 22.1 Å². The van der Waals surface area contributed by atoms with Crippen LogP contribution < -0.4 is 5.73 Å². The first kappa shape index (κ1) is 7.76. The summed E-state index contributed by atoms with van der Waals surface area (Å²) in [6.45, 7) is 0. The van der Waals surface area contributed by atoms with Gasteiger partial charge < -0.3 is 5.73 Å². The third-order valence-electron chi connectivity index (χ3n) is 1.55. The zero-order valence-corrected chi connectivity index (χ0v) is 7.30. The number of aromatic amines is 1. The summed E-state index contributed by atoms with van der Waals surface area (Å²) in [6, 6.07) is 1.99. The Labute approximate surface area is 77.8 Å². The number of rotatable bonds is 1. The van der Waals surface area contributed by atoms with Gasteiger partial charge in [0, 0.05) is 5.38 Å². The molecule has 2 rings (SSSR count). The van der Waals surface area contributed by atoms with Crippen LogP contribution in [0.5, 0.6) is 0 Å². The molecule has 0 fully saturated rings. The molecule has 0 aliphatic carbocycles. The fourth-order valence-electron chi connectivity index (χ4n) is 0.977. The van der Waals surface area contributed by atoms with Crippen molar-refractivity contribution in [3.8, 4) is 17.3 Å². The molecule has 0 aromatic carbocycles. The Hall–Kier alpha value is -1.87. The molecule has 2 heterocycles. The maximum atomic E-state index is 8.70. The molecule has 0 saturated carbocycles. The molecule has 0 amide bonds. The lowest BCUT2D eigenvalue weighted by molar-refractivity contribution is 1.07. The van der Waals surface area contributed by atoms with E-state index in [1.165, 1.54) is 11.3 Å². The number of nitrogen functional groups attached to an aromatic ring is 1. The van der Waals surface area contributed by atoms with E-state index in [9.17, 15) is 0 Å². The highest BCUT2D eigenvalue weighted by atomic mass is 32.1. The van der Waals surface area contributed by atoms with Gasteiger partial charge in [-0.05, 0) is 0 Å². The fraction of sp³-hybridized carbons (Fsp3) is 0. The van der Waals surface area contributed by atoms with Crippen LogP contribution in [-0.4, -0.2) is 15.2 Å². The maximum absolute atomic E-state index is 8.70. The predicted molar refractivity (Wildman–Crippen MR) is 48.8 cm³/mol. The first-order valence-corrected chi connectivity index (χ1v) is 4.34. The van der Waals surface area contributed by atoms with Gasteiger partial charge in [0.05, 0.1) is 17.5 Å². The Morgan fingerprint density at radius 1 is 1.62 bits per heavy atom. The normalized spacial score (nSPS) is 9.77. The average molecular weight is 191 g/mol. The van der Waals surface area contributed by atoms with E-state index in [2.05, 4.69) is 15.2 Å². The third kappa shape index (κ3) is 1.25. The topological polar surface area (TPSA) is 91.4 Å². The molecule has 2 aromatic rings. The van der Waals surface area contributed by atoms with Gasteiger partial charge in [-0.15, -0.1) is 11.3 Å². The van der Waals surface area contributed by atoms with Gasteiger partial charge in [0.1, 0.15) is 11.8 Å².